The van der Waals surface area contributed by atoms with Crippen molar-refractivity contribution in [1.29, 1.82) is 0 Å². The van der Waals surface area contributed by atoms with Gasteiger partial charge >= 0.3 is 0 Å². The SMILES string of the molecule is COc1ccccc1N1CCC(C)NC(=O)C1CN. The summed E-state index contributed by atoms with van der Waals surface area (Å²) in [6, 6.07) is 7.54. The molecular weight excluding hydrogens is 242 g/mol. The molecule has 1 aliphatic rings. The highest BCUT2D eigenvalue weighted by atomic mass is 16.5. The minimum Gasteiger partial charge on any atom is -0.495 e. The summed E-state index contributed by atoms with van der Waals surface area (Å²) in [5.41, 5.74) is 6.71. The zero-order valence-corrected chi connectivity index (χ0v) is 11.4. The quantitative estimate of drug-likeness (QED) is 0.844. The van der Waals surface area contributed by atoms with Gasteiger partial charge in [0.2, 0.25) is 5.91 Å². The van der Waals surface area contributed by atoms with Gasteiger partial charge in [-0.1, -0.05) is 12.1 Å². The Balaban J connectivity index is 2.36. The van der Waals surface area contributed by atoms with Crippen LogP contribution in [0.25, 0.3) is 0 Å². The Hall–Kier alpha value is -1.75. The molecule has 0 bridgehead atoms. The van der Waals surface area contributed by atoms with E-state index < -0.39 is 0 Å². The molecule has 1 aromatic rings. The molecule has 0 saturated carbocycles. The van der Waals surface area contributed by atoms with Crippen molar-refractivity contribution in [1.82, 2.24) is 5.32 Å². The van der Waals surface area contributed by atoms with Crippen LogP contribution in [0, 0.1) is 0 Å². The maximum Gasteiger partial charge on any atom is 0.244 e. The predicted molar refractivity (Wildman–Crippen MR) is 75.4 cm³/mol. The van der Waals surface area contributed by atoms with Crippen molar-refractivity contribution in [2.45, 2.75) is 25.4 Å². The number of anilines is 1. The van der Waals surface area contributed by atoms with Gasteiger partial charge in [-0.2, -0.15) is 0 Å². The second-order valence-electron chi connectivity index (χ2n) is 4.82. The number of ether oxygens (including phenoxy) is 1. The van der Waals surface area contributed by atoms with Crippen molar-refractivity contribution in [2.75, 3.05) is 25.1 Å². The van der Waals surface area contributed by atoms with Gasteiger partial charge in [0, 0.05) is 19.1 Å². The minimum absolute atomic E-state index is 0.0154. The second kappa shape index (κ2) is 5.93. The maximum absolute atomic E-state index is 12.2. The summed E-state index contributed by atoms with van der Waals surface area (Å²) in [5, 5.41) is 2.98. The highest BCUT2D eigenvalue weighted by Gasteiger charge is 2.30. The van der Waals surface area contributed by atoms with Crippen LogP contribution in [-0.2, 0) is 4.79 Å². The topological polar surface area (TPSA) is 67.6 Å². The number of nitrogens with one attached hydrogen (secondary N) is 1. The number of para-hydroxylation sites is 2. The molecule has 5 heteroatoms. The highest BCUT2D eigenvalue weighted by molar-refractivity contribution is 5.87. The first-order chi connectivity index (χ1) is 9.17. The third-order valence-electron chi connectivity index (χ3n) is 3.49. The number of benzene rings is 1. The van der Waals surface area contributed by atoms with Gasteiger partial charge in [-0.15, -0.1) is 0 Å². The molecule has 2 rings (SSSR count). The Labute approximate surface area is 113 Å². The lowest BCUT2D eigenvalue weighted by Crippen LogP contribution is -2.49. The number of hydrogen-bond donors (Lipinski definition) is 2. The van der Waals surface area contributed by atoms with Crippen LogP contribution in [-0.4, -0.2) is 38.2 Å². The molecule has 2 unspecified atom stereocenters. The summed E-state index contributed by atoms with van der Waals surface area (Å²) >= 11 is 0. The number of nitrogens with zero attached hydrogens (tertiary/aromatic N) is 1. The second-order valence-corrected chi connectivity index (χ2v) is 4.82. The number of carbonyl (C=O) groups is 1. The van der Waals surface area contributed by atoms with Crippen molar-refractivity contribution < 1.29 is 9.53 Å². The highest BCUT2D eigenvalue weighted by Crippen LogP contribution is 2.30. The van der Waals surface area contributed by atoms with E-state index in [0.717, 1.165) is 24.4 Å². The van der Waals surface area contributed by atoms with Gasteiger partial charge in [-0.3, -0.25) is 4.79 Å². The summed E-state index contributed by atoms with van der Waals surface area (Å²) in [6.07, 6.45) is 0.889. The molecular formula is C14H21N3O2. The molecule has 0 aromatic heterocycles. The molecule has 104 valence electrons. The average Bonchev–Trinajstić information content (AvgIpc) is 2.56. The Morgan fingerprint density at radius 3 is 2.89 bits per heavy atom. The van der Waals surface area contributed by atoms with E-state index in [1.165, 1.54) is 0 Å². The van der Waals surface area contributed by atoms with Gasteiger partial charge in [0.1, 0.15) is 11.8 Å². The van der Waals surface area contributed by atoms with Crippen LogP contribution in [0.15, 0.2) is 24.3 Å². The fourth-order valence-corrected chi connectivity index (χ4v) is 2.43. The van der Waals surface area contributed by atoms with Gasteiger partial charge in [0.05, 0.1) is 12.8 Å². The third-order valence-corrected chi connectivity index (χ3v) is 3.49. The first kappa shape index (κ1) is 13.7. The molecule has 2 atom stereocenters. The van der Waals surface area contributed by atoms with Crippen molar-refractivity contribution in [3.63, 3.8) is 0 Å². The lowest BCUT2D eigenvalue weighted by Gasteiger charge is -2.30. The van der Waals surface area contributed by atoms with E-state index in [9.17, 15) is 4.79 Å². The molecule has 0 spiro atoms. The molecule has 1 aromatic carbocycles. The molecule has 19 heavy (non-hydrogen) atoms. The minimum atomic E-state index is -0.346. The molecule has 5 nitrogen and oxygen atoms in total. The van der Waals surface area contributed by atoms with Crippen LogP contribution in [0.2, 0.25) is 0 Å². The van der Waals surface area contributed by atoms with Crippen molar-refractivity contribution >= 4 is 11.6 Å². The normalized spacial score (nSPS) is 23.7. The first-order valence-corrected chi connectivity index (χ1v) is 6.57. The van der Waals surface area contributed by atoms with Crippen LogP contribution in [0.1, 0.15) is 13.3 Å². The predicted octanol–water partition coefficient (Wildman–Crippen LogP) is 0.737. The van der Waals surface area contributed by atoms with E-state index in [4.69, 9.17) is 10.5 Å². The first-order valence-electron chi connectivity index (χ1n) is 6.57. The van der Waals surface area contributed by atoms with Gasteiger partial charge in [0.15, 0.2) is 0 Å². The fourth-order valence-electron chi connectivity index (χ4n) is 2.43. The van der Waals surface area contributed by atoms with Crippen molar-refractivity contribution in [3.8, 4) is 5.75 Å². The summed E-state index contributed by atoms with van der Waals surface area (Å²) in [6.45, 7) is 3.08. The zero-order valence-electron chi connectivity index (χ0n) is 11.4. The number of hydrogen-bond acceptors (Lipinski definition) is 4. The Morgan fingerprint density at radius 2 is 2.21 bits per heavy atom. The van der Waals surface area contributed by atoms with Crippen molar-refractivity contribution in [2.24, 2.45) is 5.73 Å². The van der Waals surface area contributed by atoms with Crippen molar-refractivity contribution in [3.05, 3.63) is 24.3 Å². The molecule has 0 radical (unpaired) electrons. The molecule has 1 fully saturated rings. The Morgan fingerprint density at radius 1 is 1.47 bits per heavy atom. The van der Waals surface area contributed by atoms with E-state index >= 15 is 0 Å². The van der Waals surface area contributed by atoms with E-state index in [1.807, 2.05) is 36.1 Å². The standard InChI is InChI=1S/C14H21N3O2/c1-10-7-8-17(12(9-15)14(18)16-10)11-5-3-4-6-13(11)19-2/h3-6,10,12H,7-9,15H2,1-2H3,(H,16,18). The Kier molecular flexibility index (Phi) is 4.27. The summed E-state index contributed by atoms with van der Waals surface area (Å²) in [7, 11) is 1.64. The van der Waals surface area contributed by atoms with E-state index in [2.05, 4.69) is 5.32 Å². The monoisotopic (exact) mass is 263 g/mol. The van der Waals surface area contributed by atoms with Gasteiger partial charge < -0.3 is 20.7 Å². The molecule has 1 aliphatic heterocycles. The number of nitrogens with two attached hydrogens (primary N) is 1. The molecule has 0 aliphatic carbocycles. The van der Waals surface area contributed by atoms with Gasteiger partial charge in [-0.05, 0) is 25.5 Å². The van der Waals surface area contributed by atoms with E-state index in [1.54, 1.807) is 7.11 Å². The largest absolute Gasteiger partial charge is 0.495 e. The van der Waals surface area contributed by atoms with Crippen LogP contribution in [0.5, 0.6) is 5.75 Å². The number of carbonyl (C=O) groups excluding carboxylic acids is 1. The maximum atomic E-state index is 12.2. The number of rotatable bonds is 3. The lowest BCUT2D eigenvalue weighted by atomic mass is 10.1. The third kappa shape index (κ3) is 2.81. The van der Waals surface area contributed by atoms with Crippen LogP contribution in [0.4, 0.5) is 5.69 Å². The number of amides is 1. The van der Waals surface area contributed by atoms with E-state index in [0.29, 0.717) is 0 Å². The number of methoxy groups -OCH3 is 1. The zero-order chi connectivity index (χ0) is 13.8. The Bertz CT molecular complexity index is 450. The van der Waals surface area contributed by atoms with Gasteiger partial charge in [-0.25, -0.2) is 0 Å². The molecule has 3 N–H and O–H groups in total. The molecule has 1 saturated heterocycles. The lowest BCUT2D eigenvalue weighted by molar-refractivity contribution is -0.122. The summed E-state index contributed by atoms with van der Waals surface area (Å²) < 4.78 is 5.38. The fraction of sp³-hybridized carbons (Fsp3) is 0.500. The van der Waals surface area contributed by atoms with Crippen LogP contribution < -0.4 is 20.7 Å². The van der Waals surface area contributed by atoms with E-state index in [-0.39, 0.29) is 24.5 Å². The van der Waals surface area contributed by atoms with Crippen LogP contribution in [0.3, 0.4) is 0 Å². The summed E-state index contributed by atoms with van der Waals surface area (Å²) in [5.74, 6) is 0.752. The smallest absolute Gasteiger partial charge is 0.244 e. The average molecular weight is 263 g/mol. The summed E-state index contributed by atoms with van der Waals surface area (Å²) in [4.78, 5) is 14.2. The van der Waals surface area contributed by atoms with Crippen LogP contribution >= 0.6 is 0 Å². The van der Waals surface area contributed by atoms with Gasteiger partial charge in [0.25, 0.3) is 0 Å². The molecule has 1 heterocycles. The molecule has 1 amide bonds.